The smallest absolute Gasteiger partial charge is 0.238 e. The van der Waals surface area contributed by atoms with Crippen LogP contribution in [-0.4, -0.2) is 50.0 Å². The molecule has 1 heterocycles. The number of aliphatic hydroxyl groups excluding tert-OH is 2. The average molecular weight is 551 g/mol. The minimum absolute atomic E-state index is 0.0420. The number of aromatic hydroxyl groups is 4. The highest BCUT2D eigenvalue weighted by atomic mass is 16.5. The van der Waals surface area contributed by atoms with Gasteiger partial charge in [0.25, 0.3) is 0 Å². The third kappa shape index (κ3) is 6.32. The van der Waals surface area contributed by atoms with E-state index < -0.39 is 17.3 Å². The lowest BCUT2D eigenvalue weighted by Gasteiger charge is -2.18. The SMILES string of the molecule is CC(C)Cc1cc(-c2oc3cc(O)cc(OC(CO)CCCO)c3c(=O)c2O)cc(Cc2cccc(O)c2)c1O. The lowest BCUT2D eigenvalue weighted by Crippen LogP contribution is -2.22. The van der Waals surface area contributed by atoms with Crippen LogP contribution in [0.15, 0.2) is 57.7 Å². The quantitative estimate of drug-likeness (QED) is 0.157. The second-order valence-electron chi connectivity index (χ2n) is 10.3. The van der Waals surface area contributed by atoms with Crippen LogP contribution in [0.3, 0.4) is 0 Å². The van der Waals surface area contributed by atoms with Gasteiger partial charge in [-0.3, -0.25) is 4.79 Å². The summed E-state index contributed by atoms with van der Waals surface area (Å²) < 4.78 is 11.8. The van der Waals surface area contributed by atoms with E-state index in [-0.39, 0.29) is 65.3 Å². The first kappa shape index (κ1) is 28.8. The van der Waals surface area contributed by atoms with Gasteiger partial charge in [0.2, 0.25) is 11.2 Å². The van der Waals surface area contributed by atoms with Crippen LogP contribution in [-0.2, 0) is 12.8 Å². The summed E-state index contributed by atoms with van der Waals surface area (Å²) in [5.74, 6) is -0.788. The first-order chi connectivity index (χ1) is 19.1. The molecule has 0 spiro atoms. The van der Waals surface area contributed by atoms with Crippen molar-refractivity contribution >= 4 is 11.0 Å². The van der Waals surface area contributed by atoms with Crippen molar-refractivity contribution in [3.8, 4) is 40.1 Å². The Bertz CT molecular complexity index is 1560. The van der Waals surface area contributed by atoms with Crippen LogP contribution in [0.4, 0.5) is 0 Å². The summed E-state index contributed by atoms with van der Waals surface area (Å²) in [6, 6.07) is 12.4. The van der Waals surface area contributed by atoms with Crippen molar-refractivity contribution in [3.05, 3.63) is 75.4 Å². The van der Waals surface area contributed by atoms with E-state index in [2.05, 4.69) is 0 Å². The number of ether oxygens (including phenoxy) is 1. The normalized spacial score (nSPS) is 12.2. The minimum atomic E-state index is -0.793. The molecule has 0 radical (unpaired) electrons. The van der Waals surface area contributed by atoms with Gasteiger partial charge in [0, 0.05) is 30.7 Å². The van der Waals surface area contributed by atoms with Crippen molar-refractivity contribution < 1.29 is 39.8 Å². The molecule has 40 heavy (non-hydrogen) atoms. The number of aliphatic hydroxyl groups is 2. The molecule has 0 saturated carbocycles. The zero-order valence-corrected chi connectivity index (χ0v) is 22.4. The Hall–Kier alpha value is -4.21. The van der Waals surface area contributed by atoms with Gasteiger partial charge in [0.15, 0.2) is 5.76 Å². The van der Waals surface area contributed by atoms with Gasteiger partial charge in [0.1, 0.15) is 40.1 Å². The highest BCUT2D eigenvalue weighted by Crippen LogP contribution is 2.39. The topological polar surface area (TPSA) is 161 Å². The van der Waals surface area contributed by atoms with Crippen molar-refractivity contribution in [3.63, 3.8) is 0 Å². The monoisotopic (exact) mass is 550 g/mol. The molecule has 1 atom stereocenters. The number of hydrogen-bond donors (Lipinski definition) is 6. The van der Waals surface area contributed by atoms with E-state index in [9.17, 15) is 30.3 Å². The van der Waals surface area contributed by atoms with Gasteiger partial charge >= 0.3 is 0 Å². The van der Waals surface area contributed by atoms with Crippen molar-refractivity contribution in [2.75, 3.05) is 13.2 Å². The summed E-state index contributed by atoms with van der Waals surface area (Å²) in [5.41, 5.74) is 1.37. The van der Waals surface area contributed by atoms with Crippen LogP contribution in [0.2, 0.25) is 0 Å². The lowest BCUT2D eigenvalue weighted by molar-refractivity contribution is 0.102. The van der Waals surface area contributed by atoms with Gasteiger partial charge in [-0.1, -0.05) is 26.0 Å². The molecule has 0 bridgehead atoms. The van der Waals surface area contributed by atoms with Crippen molar-refractivity contribution in [1.82, 2.24) is 0 Å². The Morgan fingerprint density at radius 1 is 0.900 bits per heavy atom. The van der Waals surface area contributed by atoms with E-state index in [1.54, 1.807) is 30.3 Å². The maximum absolute atomic E-state index is 13.4. The maximum Gasteiger partial charge on any atom is 0.238 e. The summed E-state index contributed by atoms with van der Waals surface area (Å²) in [4.78, 5) is 13.4. The predicted octanol–water partition coefficient (Wildman–Crippen LogP) is 4.58. The highest BCUT2D eigenvalue weighted by Gasteiger charge is 2.23. The molecule has 9 heteroatoms. The molecule has 0 amide bonds. The fourth-order valence-electron chi connectivity index (χ4n) is 4.74. The van der Waals surface area contributed by atoms with Crippen LogP contribution < -0.4 is 10.2 Å². The lowest BCUT2D eigenvalue weighted by atomic mass is 9.93. The number of phenolic OH excluding ortho intramolecular Hbond substituents is 3. The van der Waals surface area contributed by atoms with E-state index >= 15 is 0 Å². The Morgan fingerprint density at radius 2 is 1.65 bits per heavy atom. The van der Waals surface area contributed by atoms with E-state index in [0.29, 0.717) is 36.0 Å². The van der Waals surface area contributed by atoms with Crippen LogP contribution in [0, 0.1) is 5.92 Å². The van der Waals surface area contributed by atoms with Crippen LogP contribution in [0.1, 0.15) is 43.4 Å². The first-order valence-corrected chi connectivity index (χ1v) is 13.1. The molecule has 6 N–H and O–H groups in total. The Balaban J connectivity index is 1.87. The summed E-state index contributed by atoms with van der Waals surface area (Å²) >= 11 is 0. The molecule has 212 valence electrons. The molecule has 0 saturated heterocycles. The first-order valence-electron chi connectivity index (χ1n) is 13.1. The Labute approximate surface area is 231 Å². The average Bonchev–Trinajstić information content (AvgIpc) is 2.90. The largest absolute Gasteiger partial charge is 0.508 e. The minimum Gasteiger partial charge on any atom is -0.508 e. The number of rotatable bonds is 11. The Morgan fingerprint density at radius 3 is 2.33 bits per heavy atom. The summed E-state index contributed by atoms with van der Waals surface area (Å²) in [6.07, 6.45) is 0.686. The fraction of sp³-hybridized carbons (Fsp3) is 0.323. The van der Waals surface area contributed by atoms with Crippen molar-refractivity contribution in [1.29, 1.82) is 0 Å². The maximum atomic E-state index is 13.4. The molecule has 9 nitrogen and oxygen atoms in total. The van der Waals surface area contributed by atoms with Gasteiger partial charge in [-0.15, -0.1) is 0 Å². The highest BCUT2D eigenvalue weighted by molar-refractivity contribution is 5.88. The van der Waals surface area contributed by atoms with Crippen LogP contribution in [0.5, 0.6) is 28.7 Å². The number of benzene rings is 3. The van der Waals surface area contributed by atoms with Crippen molar-refractivity contribution in [2.24, 2.45) is 5.92 Å². The summed E-state index contributed by atoms with van der Waals surface area (Å²) in [5, 5.41) is 61.0. The molecular formula is C31H34O9. The summed E-state index contributed by atoms with van der Waals surface area (Å²) in [6.45, 7) is 3.50. The van der Waals surface area contributed by atoms with Gasteiger partial charge < -0.3 is 39.8 Å². The van der Waals surface area contributed by atoms with Gasteiger partial charge in [0.05, 0.1) is 6.61 Å². The molecule has 0 fully saturated rings. The van der Waals surface area contributed by atoms with Gasteiger partial charge in [-0.05, 0) is 66.1 Å². The molecule has 4 aromatic rings. The van der Waals surface area contributed by atoms with Crippen LogP contribution in [0.25, 0.3) is 22.3 Å². The van der Waals surface area contributed by atoms with Gasteiger partial charge in [-0.2, -0.15) is 0 Å². The molecule has 0 aliphatic heterocycles. The van der Waals surface area contributed by atoms with E-state index in [0.717, 1.165) is 5.56 Å². The van der Waals surface area contributed by atoms with E-state index in [1.807, 2.05) is 19.9 Å². The van der Waals surface area contributed by atoms with Crippen LogP contribution >= 0.6 is 0 Å². The zero-order valence-electron chi connectivity index (χ0n) is 22.4. The third-order valence-corrected chi connectivity index (χ3v) is 6.56. The Kier molecular flexibility index (Phi) is 8.86. The fourth-order valence-corrected chi connectivity index (χ4v) is 4.74. The van der Waals surface area contributed by atoms with Gasteiger partial charge in [-0.25, -0.2) is 0 Å². The number of hydrogen-bond acceptors (Lipinski definition) is 9. The molecule has 3 aromatic carbocycles. The second-order valence-corrected chi connectivity index (χ2v) is 10.3. The van der Waals surface area contributed by atoms with E-state index in [1.165, 1.54) is 12.1 Å². The molecule has 1 aromatic heterocycles. The van der Waals surface area contributed by atoms with Crippen molar-refractivity contribution in [2.45, 2.75) is 45.6 Å². The molecular weight excluding hydrogens is 516 g/mol. The zero-order chi connectivity index (χ0) is 29.0. The summed E-state index contributed by atoms with van der Waals surface area (Å²) in [7, 11) is 0. The number of fused-ring (bicyclic) bond motifs is 1. The standard InChI is InChI=1S/C31H34O9/c1-17(2)9-19-12-21(13-20(28(19)36)10-18-5-3-6-22(34)11-18)31-30(38)29(37)27-25(14-23(35)15-26(27)40-31)39-24(16-33)7-4-8-32/h3,5-6,11-15,17,24,32-36,38H,4,7-10,16H2,1-2H3. The molecule has 1 unspecified atom stereocenters. The molecule has 4 rings (SSSR count). The number of phenols is 3. The second kappa shape index (κ2) is 12.3. The molecule has 0 aliphatic carbocycles. The predicted molar refractivity (Wildman–Crippen MR) is 150 cm³/mol. The van der Waals surface area contributed by atoms with E-state index in [4.69, 9.17) is 14.3 Å². The third-order valence-electron chi connectivity index (χ3n) is 6.56. The molecule has 0 aliphatic rings.